The summed E-state index contributed by atoms with van der Waals surface area (Å²) in [7, 11) is 0. The highest BCUT2D eigenvalue weighted by molar-refractivity contribution is 9.10. The van der Waals surface area contributed by atoms with Gasteiger partial charge in [0, 0.05) is 0 Å². The van der Waals surface area contributed by atoms with E-state index in [0.29, 0.717) is 20.7 Å². The number of benzene rings is 1. The van der Waals surface area contributed by atoms with E-state index in [1.165, 1.54) is 18.4 Å². The standard InChI is InChI=1S/C15H17BrCl2N4/c16-15-19-14(20-21-15)9-22-5-3-10(4-6-22)7-11-1-2-12(17)13(18)8-11/h1-2,8,10H,3-7,9H2,(H,19,20,21). The minimum atomic E-state index is 0.622. The number of H-pyrrole nitrogens is 1. The first kappa shape index (κ1) is 16.2. The summed E-state index contributed by atoms with van der Waals surface area (Å²) >= 11 is 15.3. The average molecular weight is 404 g/mol. The number of nitrogens with zero attached hydrogens (tertiary/aromatic N) is 3. The van der Waals surface area contributed by atoms with Crippen LogP contribution >= 0.6 is 39.1 Å². The summed E-state index contributed by atoms with van der Waals surface area (Å²) < 4.78 is 0.622. The normalized spacial score (nSPS) is 17.0. The zero-order valence-corrected chi connectivity index (χ0v) is 15.1. The molecule has 1 aliphatic rings. The zero-order chi connectivity index (χ0) is 15.5. The minimum absolute atomic E-state index is 0.622. The van der Waals surface area contributed by atoms with Crippen LogP contribution in [-0.2, 0) is 13.0 Å². The molecule has 1 saturated heterocycles. The van der Waals surface area contributed by atoms with Crippen molar-refractivity contribution in [3.05, 3.63) is 44.4 Å². The molecular formula is C15H17BrCl2N4. The Hall–Kier alpha value is -0.620. The lowest BCUT2D eigenvalue weighted by atomic mass is 9.90. The number of likely N-dealkylation sites (tertiary alicyclic amines) is 1. The molecule has 2 heterocycles. The van der Waals surface area contributed by atoms with Crippen LogP contribution in [0.25, 0.3) is 0 Å². The van der Waals surface area contributed by atoms with E-state index in [0.717, 1.165) is 31.9 Å². The van der Waals surface area contributed by atoms with E-state index >= 15 is 0 Å². The smallest absolute Gasteiger partial charge is 0.217 e. The van der Waals surface area contributed by atoms with Gasteiger partial charge in [-0.1, -0.05) is 29.3 Å². The van der Waals surface area contributed by atoms with Gasteiger partial charge in [0.05, 0.1) is 16.6 Å². The molecule has 0 bridgehead atoms. The maximum absolute atomic E-state index is 6.09. The predicted molar refractivity (Wildman–Crippen MR) is 92.2 cm³/mol. The monoisotopic (exact) mass is 402 g/mol. The third-order valence-electron chi connectivity index (χ3n) is 4.09. The van der Waals surface area contributed by atoms with Gasteiger partial charge in [0.25, 0.3) is 0 Å². The fourth-order valence-corrected chi connectivity index (χ4v) is 3.53. The number of hydrogen-bond donors (Lipinski definition) is 1. The van der Waals surface area contributed by atoms with E-state index in [-0.39, 0.29) is 0 Å². The van der Waals surface area contributed by atoms with E-state index in [1.807, 2.05) is 12.1 Å². The highest BCUT2D eigenvalue weighted by atomic mass is 79.9. The molecule has 0 spiro atoms. The summed E-state index contributed by atoms with van der Waals surface area (Å²) in [4.78, 5) is 6.71. The maximum Gasteiger partial charge on any atom is 0.217 e. The van der Waals surface area contributed by atoms with Crippen molar-refractivity contribution in [2.45, 2.75) is 25.8 Å². The Bertz CT molecular complexity index is 638. The van der Waals surface area contributed by atoms with Crippen molar-refractivity contribution in [1.29, 1.82) is 0 Å². The number of hydrogen-bond acceptors (Lipinski definition) is 3. The lowest BCUT2D eigenvalue weighted by Gasteiger charge is -2.31. The molecule has 1 aliphatic heterocycles. The van der Waals surface area contributed by atoms with Gasteiger partial charge in [-0.15, -0.1) is 5.10 Å². The summed E-state index contributed by atoms with van der Waals surface area (Å²) in [5, 5.41) is 8.21. The van der Waals surface area contributed by atoms with Crippen LogP contribution in [0.5, 0.6) is 0 Å². The van der Waals surface area contributed by atoms with Crippen molar-refractivity contribution in [3.63, 3.8) is 0 Å². The van der Waals surface area contributed by atoms with Crippen molar-refractivity contribution in [2.75, 3.05) is 13.1 Å². The van der Waals surface area contributed by atoms with Crippen LogP contribution in [0.15, 0.2) is 22.9 Å². The number of nitrogens with one attached hydrogen (secondary N) is 1. The lowest BCUT2D eigenvalue weighted by molar-refractivity contribution is 0.173. The molecule has 1 fully saturated rings. The number of piperidine rings is 1. The van der Waals surface area contributed by atoms with Gasteiger partial charge in [0.2, 0.25) is 4.73 Å². The molecule has 0 radical (unpaired) electrons. The van der Waals surface area contributed by atoms with Gasteiger partial charge in [-0.05, 0) is 71.9 Å². The van der Waals surface area contributed by atoms with Gasteiger partial charge in [-0.3, -0.25) is 10.00 Å². The molecule has 3 rings (SSSR count). The second-order valence-electron chi connectivity index (χ2n) is 5.72. The van der Waals surface area contributed by atoms with Gasteiger partial charge in [0.1, 0.15) is 5.82 Å². The van der Waals surface area contributed by atoms with Crippen LogP contribution in [-0.4, -0.2) is 33.2 Å². The molecule has 22 heavy (non-hydrogen) atoms. The quantitative estimate of drug-likeness (QED) is 0.826. The van der Waals surface area contributed by atoms with Crippen molar-refractivity contribution in [1.82, 2.24) is 20.1 Å². The second kappa shape index (κ2) is 7.30. The highest BCUT2D eigenvalue weighted by Gasteiger charge is 2.20. The number of aromatic nitrogens is 3. The van der Waals surface area contributed by atoms with E-state index < -0.39 is 0 Å². The fraction of sp³-hybridized carbons (Fsp3) is 0.467. The topological polar surface area (TPSA) is 44.8 Å². The predicted octanol–water partition coefficient (Wildman–Crippen LogP) is 4.33. The Morgan fingerprint density at radius 3 is 2.64 bits per heavy atom. The van der Waals surface area contributed by atoms with E-state index in [9.17, 15) is 0 Å². The molecule has 4 nitrogen and oxygen atoms in total. The molecule has 7 heteroatoms. The molecular weight excluding hydrogens is 387 g/mol. The van der Waals surface area contributed by atoms with Gasteiger partial charge in [0.15, 0.2) is 0 Å². The number of halogens is 3. The summed E-state index contributed by atoms with van der Waals surface area (Å²) in [5.41, 5.74) is 1.27. The molecule has 0 aliphatic carbocycles. The zero-order valence-electron chi connectivity index (χ0n) is 12.0. The first-order valence-electron chi connectivity index (χ1n) is 7.33. The number of rotatable bonds is 4. The molecule has 0 unspecified atom stereocenters. The molecule has 1 N–H and O–H groups in total. The molecule has 1 aromatic carbocycles. The molecule has 0 saturated carbocycles. The van der Waals surface area contributed by atoms with Crippen LogP contribution in [0.2, 0.25) is 10.0 Å². The lowest BCUT2D eigenvalue weighted by Crippen LogP contribution is -2.34. The van der Waals surface area contributed by atoms with E-state index in [1.54, 1.807) is 0 Å². The molecule has 0 atom stereocenters. The van der Waals surface area contributed by atoms with Crippen molar-refractivity contribution >= 4 is 39.1 Å². The Balaban J connectivity index is 1.50. The summed E-state index contributed by atoms with van der Waals surface area (Å²) in [6.45, 7) is 3.01. The SMILES string of the molecule is Clc1ccc(CC2CCN(Cc3nc(Br)n[nH]3)CC2)cc1Cl. The molecule has 118 valence electrons. The average Bonchev–Trinajstić information content (AvgIpc) is 2.90. The fourth-order valence-electron chi connectivity index (χ4n) is 2.90. The van der Waals surface area contributed by atoms with E-state index in [2.05, 4.69) is 42.1 Å². The van der Waals surface area contributed by atoms with Gasteiger partial charge < -0.3 is 0 Å². The number of aromatic amines is 1. The molecule has 2 aromatic rings. The summed E-state index contributed by atoms with van der Waals surface area (Å²) in [5.74, 6) is 1.62. The van der Waals surface area contributed by atoms with Crippen molar-refractivity contribution in [2.24, 2.45) is 5.92 Å². The van der Waals surface area contributed by atoms with Gasteiger partial charge >= 0.3 is 0 Å². The van der Waals surface area contributed by atoms with Crippen LogP contribution in [0, 0.1) is 5.92 Å². The van der Waals surface area contributed by atoms with Crippen LogP contribution in [0.1, 0.15) is 24.2 Å². The minimum Gasteiger partial charge on any atom is -0.296 e. The molecule has 1 aromatic heterocycles. The second-order valence-corrected chi connectivity index (χ2v) is 7.25. The third-order valence-corrected chi connectivity index (χ3v) is 5.19. The Labute approximate surface area is 148 Å². The van der Waals surface area contributed by atoms with Crippen LogP contribution in [0.4, 0.5) is 0 Å². The van der Waals surface area contributed by atoms with Gasteiger partial charge in [-0.2, -0.15) is 0 Å². The third kappa shape index (κ3) is 4.22. The summed E-state index contributed by atoms with van der Waals surface area (Å²) in [6.07, 6.45) is 3.45. The maximum atomic E-state index is 6.09. The van der Waals surface area contributed by atoms with Crippen molar-refractivity contribution in [3.8, 4) is 0 Å². The summed E-state index contributed by atoms with van der Waals surface area (Å²) in [6, 6.07) is 5.95. The first-order chi connectivity index (χ1) is 10.6. The first-order valence-corrected chi connectivity index (χ1v) is 8.88. The van der Waals surface area contributed by atoms with Crippen molar-refractivity contribution < 1.29 is 0 Å². The van der Waals surface area contributed by atoms with E-state index in [4.69, 9.17) is 23.2 Å². The van der Waals surface area contributed by atoms with Gasteiger partial charge in [-0.25, -0.2) is 4.98 Å². The largest absolute Gasteiger partial charge is 0.296 e. The Morgan fingerprint density at radius 2 is 2.00 bits per heavy atom. The Kier molecular flexibility index (Phi) is 5.39. The Morgan fingerprint density at radius 1 is 1.23 bits per heavy atom. The van der Waals surface area contributed by atoms with Crippen LogP contribution < -0.4 is 0 Å². The van der Waals surface area contributed by atoms with Crippen LogP contribution in [0.3, 0.4) is 0 Å². The highest BCUT2D eigenvalue weighted by Crippen LogP contribution is 2.27. The molecule has 0 amide bonds.